The molecule has 21 heavy (non-hydrogen) atoms. The molecular formula is C18H28N2O. The first-order chi connectivity index (χ1) is 10.3. The molecular weight excluding hydrogens is 260 g/mol. The van der Waals surface area contributed by atoms with Crippen LogP contribution in [-0.2, 0) is 6.42 Å². The number of rotatable bonds is 5. The molecule has 1 aromatic carbocycles. The molecule has 1 fully saturated rings. The predicted molar refractivity (Wildman–Crippen MR) is 86.9 cm³/mol. The fourth-order valence-electron chi connectivity index (χ4n) is 3.88. The summed E-state index contributed by atoms with van der Waals surface area (Å²) in [6.07, 6.45) is 5.17. The molecule has 1 heterocycles. The lowest BCUT2D eigenvalue weighted by Crippen LogP contribution is -2.38. The SMILES string of the molecule is CCNCC1CCN(C2CCc3ccc(OC)cc32)CC1. The molecule has 2 aliphatic rings. The summed E-state index contributed by atoms with van der Waals surface area (Å²) in [4.78, 5) is 2.70. The van der Waals surface area contributed by atoms with E-state index in [2.05, 4.69) is 35.3 Å². The molecule has 1 N–H and O–H groups in total. The van der Waals surface area contributed by atoms with E-state index in [0.717, 1.165) is 18.2 Å². The van der Waals surface area contributed by atoms with Crippen LogP contribution in [0.1, 0.15) is 43.4 Å². The van der Waals surface area contributed by atoms with Crippen LogP contribution in [0.15, 0.2) is 18.2 Å². The molecule has 3 rings (SSSR count). The molecule has 1 aromatic rings. The third kappa shape index (κ3) is 3.24. The molecule has 3 nitrogen and oxygen atoms in total. The third-order valence-corrected chi connectivity index (χ3v) is 5.17. The van der Waals surface area contributed by atoms with Crippen LogP contribution in [0, 0.1) is 5.92 Å². The van der Waals surface area contributed by atoms with Gasteiger partial charge in [-0.25, -0.2) is 0 Å². The highest BCUT2D eigenvalue weighted by molar-refractivity contribution is 5.40. The number of aryl methyl sites for hydroxylation is 1. The summed E-state index contributed by atoms with van der Waals surface area (Å²) in [5, 5.41) is 3.50. The number of piperidine rings is 1. The first-order valence-corrected chi connectivity index (χ1v) is 8.43. The summed E-state index contributed by atoms with van der Waals surface area (Å²) in [6.45, 7) is 6.97. The minimum Gasteiger partial charge on any atom is -0.497 e. The Morgan fingerprint density at radius 1 is 1.24 bits per heavy atom. The van der Waals surface area contributed by atoms with E-state index in [0.29, 0.717) is 6.04 Å². The standard InChI is InChI=1S/C18H28N2O/c1-3-19-13-14-8-10-20(11-9-14)18-7-5-15-4-6-16(21-2)12-17(15)18/h4,6,12,14,18-19H,3,5,7-11,13H2,1-2H3. The van der Waals surface area contributed by atoms with Crippen LogP contribution in [0.25, 0.3) is 0 Å². The zero-order chi connectivity index (χ0) is 14.7. The summed E-state index contributed by atoms with van der Waals surface area (Å²) in [5.74, 6) is 1.87. The quantitative estimate of drug-likeness (QED) is 0.901. The van der Waals surface area contributed by atoms with E-state index in [-0.39, 0.29) is 0 Å². The van der Waals surface area contributed by atoms with E-state index in [1.54, 1.807) is 7.11 Å². The van der Waals surface area contributed by atoms with Gasteiger partial charge in [0.2, 0.25) is 0 Å². The van der Waals surface area contributed by atoms with Crippen LogP contribution < -0.4 is 10.1 Å². The van der Waals surface area contributed by atoms with E-state index in [1.807, 2.05) is 0 Å². The molecule has 0 amide bonds. The molecule has 1 saturated heterocycles. The Morgan fingerprint density at radius 2 is 2.05 bits per heavy atom. The largest absolute Gasteiger partial charge is 0.497 e. The number of methoxy groups -OCH3 is 1. The minimum atomic E-state index is 0.621. The zero-order valence-electron chi connectivity index (χ0n) is 13.4. The first kappa shape index (κ1) is 14.9. The van der Waals surface area contributed by atoms with Crippen molar-refractivity contribution in [3.05, 3.63) is 29.3 Å². The number of benzene rings is 1. The smallest absolute Gasteiger partial charge is 0.119 e. The van der Waals surface area contributed by atoms with Gasteiger partial charge in [0.05, 0.1) is 7.11 Å². The second-order valence-corrected chi connectivity index (χ2v) is 6.41. The van der Waals surface area contributed by atoms with Crippen molar-refractivity contribution in [3.8, 4) is 5.75 Å². The first-order valence-electron chi connectivity index (χ1n) is 8.43. The van der Waals surface area contributed by atoms with Crippen LogP contribution in [-0.4, -0.2) is 38.2 Å². The van der Waals surface area contributed by atoms with E-state index < -0.39 is 0 Å². The maximum absolute atomic E-state index is 5.41. The molecule has 0 spiro atoms. The Hall–Kier alpha value is -1.06. The maximum Gasteiger partial charge on any atom is 0.119 e. The van der Waals surface area contributed by atoms with Crippen molar-refractivity contribution in [3.63, 3.8) is 0 Å². The van der Waals surface area contributed by atoms with E-state index in [4.69, 9.17) is 4.74 Å². The summed E-state index contributed by atoms with van der Waals surface area (Å²) in [6, 6.07) is 7.24. The van der Waals surface area contributed by atoms with Gasteiger partial charge in [-0.3, -0.25) is 4.90 Å². The molecule has 1 unspecified atom stereocenters. The lowest BCUT2D eigenvalue weighted by atomic mass is 9.94. The monoisotopic (exact) mass is 288 g/mol. The summed E-state index contributed by atoms with van der Waals surface area (Å²) < 4.78 is 5.41. The Kier molecular flexibility index (Phi) is 4.81. The van der Waals surface area contributed by atoms with E-state index in [1.165, 1.54) is 56.4 Å². The van der Waals surface area contributed by atoms with Gasteiger partial charge in [-0.2, -0.15) is 0 Å². The Labute approximate surface area is 128 Å². The van der Waals surface area contributed by atoms with Gasteiger partial charge in [0, 0.05) is 6.04 Å². The topological polar surface area (TPSA) is 24.5 Å². The highest BCUT2D eigenvalue weighted by atomic mass is 16.5. The van der Waals surface area contributed by atoms with Crippen LogP contribution in [0.4, 0.5) is 0 Å². The maximum atomic E-state index is 5.41. The lowest BCUT2D eigenvalue weighted by Gasteiger charge is -2.36. The molecule has 0 saturated carbocycles. The van der Waals surface area contributed by atoms with Crippen molar-refractivity contribution in [2.45, 2.75) is 38.6 Å². The van der Waals surface area contributed by atoms with Gasteiger partial charge in [0.15, 0.2) is 0 Å². The zero-order valence-corrected chi connectivity index (χ0v) is 13.4. The van der Waals surface area contributed by atoms with Crippen LogP contribution in [0.3, 0.4) is 0 Å². The Balaban J connectivity index is 1.63. The molecule has 1 atom stereocenters. The van der Waals surface area contributed by atoms with Crippen molar-refractivity contribution in [1.29, 1.82) is 0 Å². The van der Waals surface area contributed by atoms with Gasteiger partial charge in [-0.15, -0.1) is 0 Å². The number of likely N-dealkylation sites (tertiary alicyclic amines) is 1. The summed E-state index contributed by atoms with van der Waals surface area (Å²) in [7, 11) is 1.76. The molecule has 0 aromatic heterocycles. The molecule has 3 heteroatoms. The van der Waals surface area contributed by atoms with E-state index >= 15 is 0 Å². The molecule has 0 bridgehead atoms. The Bertz CT molecular complexity index is 466. The average Bonchev–Trinajstić information content (AvgIpc) is 2.96. The number of ether oxygens (including phenoxy) is 1. The highest BCUT2D eigenvalue weighted by Crippen LogP contribution is 2.39. The fraction of sp³-hybridized carbons (Fsp3) is 0.667. The number of nitrogens with zero attached hydrogens (tertiary/aromatic N) is 1. The number of fused-ring (bicyclic) bond motifs is 1. The minimum absolute atomic E-state index is 0.621. The average molecular weight is 288 g/mol. The fourth-order valence-corrected chi connectivity index (χ4v) is 3.88. The van der Waals surface area contributed by atoms with Gasteiger partial charge in [0.1, 0.15) is 5.75 Å². The molecule has 116 valence electrons. The number of hydrogen-bond acceptors (Lipinski definition) is 3. The highest BCUT2D eigenvalue weighted by Gasteiger charge is 2.30. The predicted octanol–water partition coefficient (Wildman–Crippen LogP) is 3.00. The van der Waals surface area contributed by atoms with Gasteiger partial charge >= 0.3 is 0 Å². The van der Waals surface area contributed by atoms with E-state index in [9.17, 15) is 0 Å². The second-order valence-electron chi connectivity index (χ2n) is 6.41. The second kappa shape index (κ2) is 6.80. The van der Waals surface area contributed by atoms with Crippen LogP contribution in [0.2, 0.25) is 0 Å². The van der Waals surface area contributed by atoms with Crippen molar-refractivity contribution in [2.75, 3.05) is 33.3 Å². The molecule has 1 aliphatic heterocycles. The molecule has 1 aliphatic carbocycles. The van der Waals surface area contributed by atoms with Crippen LogP contribution >= 0.6 is 0 Å². The summed E-state index contributed by atoms with van der Waals surface area (Å²) in [5.41, 5.74) is 3.04. The van der Waals surface area contributed by atoms with Crippen molar-refractivity contribution in [1.82, 2.24) is 10.2 Å². The number of nitrogens with one attached hydrogen (secondary N) is 1. The lowest BCUT2D eigenvalue weighted by molar-refractivity contribution is 0.131. The number of hydrogen-bond donors (Lipinski definition) is 1. The van der Waals surface area contributed by atoms with Crippen molar-refractivity contribution in [2.24, 2.45) is 5.92 Å². The summed E-state index contributed by atoms with van der Waals surface area (Å²) >= 11 is 0. The van der Waals surface area contributed by atoms with Gasteiger partial charge in [0.25, 0.3) is 0 Å². The van der Waals surface area contributed by atoms with Gasteiger partial charge in [-0.1, -0.05) is 13.0 Å². The van der Waals surface area contributed by atoms with Crippen molar-refractivity contribution >= 4 is 0 Å². The normalized spacial score (nSPS) is 23.2. The van der Waals surface area contributed by atoms with Gasteiger partial charge in [-0.05, 0) is 81.0 Å². The Morgan fingerprint density at radius 3 is 2.76 bits per heavy atom. The third-order valence-electron chi connectivity index (χ3n) is 5.17. The molecule has 0 radical (unpaired) electrons. The van der Waals surface area contributed by atoms with Crippen molar-refractivity contribution < 1.29 is 4.74 Å². The van der Waals surface area contributed by atoms with Gasteiger partial charge < -0.3 is 10.1 Å². The van der Waals surface area contributed by atoms with Crippen LogP contribution in [0.5, 0.6) is 5.75 Å².